The average molecular weight is 320 g/mol. The summed E-state index contributed by atoms with van der Waals surface area (Å²) in [7, 11) is 1.68. The molecule has 1 heterocycles. The lowest BCUT2D eigenvalue weighted by Gasteiger charge is -2.57. The van der Waals surface area contributed by atoms with Gasteiger partial charge < -0.3 is 15.4 Å². The highest BCUT2D eigenvalue weighted by Gasteiger charge is 2.50. The number of carbonyl (C=O) groups is 1. The van der Waals surface area contributed by atoms with Gasteiger partial charge >= 0.3 is 0 Å². The molecule has 0 radical (unpaired) electrons. The number of methoxy groups -OCH3 is 1. The van der Waals surface area contributed by atoms with Crippen molar-refractivity contribution >= 4 is 5.91 Å². The Hall–Kier alpha value is -0.610. The van der Waals surface area contributed by atoms with E-state index in [-0.39, 0.29) is 5.91 Å². The Labute approximate surface area is 140 Å². The Balaban J connectivity index is 1.32. The van der Waals surface area contributed by atoms with Crippen molar-refractivity contribution < 1.29 is 9.53 Å². The van der Waals surface area contributed by atoms with E-state index in [2.05, 4.69) is 10.6 Å². The van der Waals surface area contributed by atoms with Crippen LogP contribution in [0.25, 0.3) is 0 Å². The maximum atomic E-state index is 12.7. The Morgan fingerprint density at radius 3 is 2.17 bits per heavy atom. The van der Waals surface area contributed by atoms with Crippen LogP contribution in [-0.4, -0.2) is 38.3 Å². The number of carbonyl (C=O) groups excluding carboxylic acids is 1. The van der Waals surface area contributed by atoms with Gasteiger partial charge in [0, 0.05) is 13.7 Å². The number of rotatable bonds is 5. The first-order valence-electron chi connectivity index (χ1n) is 9.67. The number of ether oxygens (including phenoxy) is 1. The monoisotopic (exact) mass is 320 g/mol. The minimum Gasteiger partial charge on any atom is -0.368 e. The molecule has 5 rings (SSSR count). The second-order valence-electron chi connectivity index (χ2n) is 8.87. The highest BCUT2D eigenvalue weighted by Crippen LogP contribution is 2.61. The van der Waals surface area contributed by atoms with Gasteiger partial charge in [-0.05, 0) is 94.0 Å². The van der Waals surface area contributed by atoms with Gasteiger partial charge in [0.05, 0.1) is 0 Å². The number of amides is 1. The molecule has 0 aromatic heterocycles. The summed E-state index contributed by atoms with van der Waals surface area (Å²) >= 11 is 0. The standard InChI is InChI=1S/C19H32N2O2/c1-23-19(3-5-20-6-4-19)17(22)21-7-2-18-11-14-8-15(12-18)10-16(9-14)13-18/h14-16,20H,2-13H2,1H3,(H,21,22). The molecular weight excluding hydrogens is 288 g/mol. The highest BCUT2D eigenvalue weighted by atomic mass is 16.5. The molecule has 1 saturated heterocycles. The van der Waals surface area contributed by atoms with E-state index < -0.39 is 5.60 Å². The van der Waals surface area contributed by atoms with Crippen molar-refractivity contribution in [3.8, 4) is 0 Å². The van der Waals surface area contributed by atoms with Crippen molar-refractivity contribution in [2.75, 3.05) is 26.7 Å². The van der Waals surface area contributed by atoms with Crippen molar-refractivity contribution in [3.05, 3.63) is 0 Å². The third-order valence-electron chi connectivity index (χ3n) is 7.32. The van der Waals surface area contributed by atoms with Crippen LogP contribution in [0, 0.1) is 23.2 Å². The largest absolute Gasteiger partial charge is 0.368 e. The van der Waals surface area contributed by atoms with E-state index in [0.717, 1.165) is 50.2 Å². The van der Waals surface area contributed by atoms with E-state index in [1.807, 2.05) is 0 Å². The van der Waals surface area contributed by atoms with Crippen LogP contribution in [0.1, 0.15) is 57.8 Å². The molecule has 4 bridgehead atoms. The summed E-state index contributed by atoms with van der Waals surface area (Å²) in [4.78, 5) is 12.7. The van der Waals surface area contributed by atoms with Gasteiger partial charge in [0.25, 0.3) is 5.91 Å². The fourth-order valence-corrected chi connectivity index (χ4v) is 6.55. The summed E-state index contributed by atoms with van der Waals surface area (Å²) < 4.78 is 5.63. The summed E-state index contributed by atoms with van der Waals surface area (Å²) in [5.41, 5.74) is -0.0386. The maximum Gasteiger partial charge on any atom is 0.252 e. The molecule has 4 nitrogen and oxygen atoms in total. The molecule has 5 aliphatic rings. The SMILES string of the molecule is COC1(C(=O)NCCC23CC4CC(CC(C4)C2)C3)CCNCC1. The molecule has 4 saturated carbocycles. The molecule has 1 aliphatic heterocycles. The number of nitrogens with one attached hydrogen (secondary N) is 2. The minimum atomic E-state index is -0.591. The second kappa shape index (κ2) is 6.03. The van der Waals surface area contributed by atoms with Gasteiger partial charge in [0.15, 0.2) is 0 Å². The number of piperidine rings is 1. The van der Waals surface area contributed by atoms with Crippen LogP contribution in [-0.2, 0) is 9.53 Å². The first kappa shape index (κ1) is 15.9. The van der Waals surface area contributed by atoms with Gasteiger partial charge in [-0.3, -0.25) is 4.79 Å². The van der Waals surface area contributed by atoms with Crippen molar-refractivity contribution in [1.82, 2.24) is 10.6 Å². The van der Waals surface area contributed by atoms with Crippen LogP contribution in [0.5, 0.6) is 0 Å². The Bertz CT molecular complexity index is 421. The summed E-state index contributed by atoms with van der Waals surface area (Å²) in [5, 5.41) is 6.54. The second-order valence-corrected chi connectivity index (χ2v) is 8.87. The van der Waals surface area contributed by atoms with E-state index in [1.54, 1.807) is 7.11 Å². The lowest BCUT2D eigenvalue weighted by atomic mass is 9.49. The molecule has 0 unspecified atom stereocenters. The van der Waals surface area contributed by atoms with E-state index in [0.29, 0.717) is 5.41 Å². The Morgan fingerprint density at radius 1 is 1.09 bits per heavy atom. The van der Waals surface area contributed by atoms with Crippen LogP contribution in [0.4, 0.5) is 0 Å². The van der Waals surface area contributed by atoms with Gasteiger partial charge in [0.2, 0.25) is 0 Å². The fourth-order valence-electron chi connectivity index (χ4n) is 6.55. The first-order chi connectivity index (χ1) is 11.1. The zero-order chi connectivity index (χ0) is 15.9. The number of hydrogen-bond acceptors (Lipinski definition) is 3. The molecule has 23 heavy (non-hydrogen) atoms. The molecule has 4 aliphatic carbocycles. The van der Waals surface area contributed by atoms with Crippen molar-refractivity contribution in [3.63, 3.8) is 0 Å². The van der Waals surface area contributed by atoms with Crippen molar-refractivity contribution in [2.24, 2.45) is 23.2 Å². The molecular formula is C19H32N2O2. The highest BCUT2D eigenvalue weighted by molar-refractivity contribution is 5.85. The minimum absolute atomic E-state index is 0.117. The third kappa shape index (κ3) is 2.93. The fraction of sp³-hybridized carbons (Fsp3) is 0.947. The summed E-state index contributed by atoms with van der Waals surface area (Å²) in [6, 6.07) is 0. The molecule has 130 valence electrons. The lowest BCUT2D eigenvalue weighted by Crippen LogP contribution is -2.55. The van der Waals surface area contributed by atoms with E-state index in [1.165, 1.54) is 44.9 Å². The average Bonchev–Trinajstić information content (AvgIpc) is 2.54. The third-order valence-corrected chi connectivity index (χ3v) is 7.32. The summed E-state index contributed by atoms with van der Waals surface area (Å²) in [6.45, 7) is 2.58. The van der Waals surface area contributed by atoms with Crippen LogP contribution < -0.4 is 10.6 Å². The Morgan fingerprint density at radius 2 is 1.65 bits per heavy atom. The van der Waals surface area contributed by atoms with Crippen molar-refractivity contribution in [1.29, 1.82) is 0 Å². The molecule has 1 amide bonds. The molecule has 0 spiro atoms. The normalized spacial score (nSPS) is 41.0. The lowest BCUT2D eigenvalue weighted by molar-refractivity contribution is -0.147. The molecule has 2 N–H and O–H groups in total. The van der Waals surface area contributed by atoms with Gasteiger partial charge in [-0.15, -0.1) is 0 Å². The zero-order valence-corrected chi connectivity index (χ0v) is 14.5. The molecule has 0 aromatic rings. The smallest absolute Gasteiger partial charge is 0.252 e. The quantitative estimate of drug-likeness (QED) is 0.818. The molecule has 4 heteroatoms. The summed E-state index contributed by atoms with van der Waals surface area (Å²) in [5.74, 6) is 3.09. The molecule has 0 aromatic carbocycles. The van der Waals surface area contributed by atoms with E-state index in [4.69, 9.17) is 4.74 Å². The molecule has 0 atom stereocenters. The van der Waals surface area contributed by atoms with E-state index in [9.17, 15) is 4.79 Å². The van der Waals surface area contributed by atoms with Gasteiger partial charge in [0.1, 0.15) is 5.60 Å². The Kier molecular flexibility index (Phi) is 4.17. The summed E-state index contributed by atoms with van der Waals surface area (Å²) in [6.07, 6.45) is 11.5. The van der Waals surface area contributed by atoms with Gasteiger partial charge in [-0.1, -0.05) is 0 Å². The first-order valence-corrected chi connectivity index (χ1v) is 9.67. The van der Waals surface area contributed by atoms with Gasteiger partial charge in [-0.2, -0.15) is 0 Å². The maximum absolute atomic E-state index is 12.7. The zero-order valence-electron chi connectivity index (χ0n) is 14.5. The van der Waals surface area contributed by atoms with Crippen molar-refractivity contribution in [2.45, 2.75) is 63.4 Å². The van der Waals surface area contributed by atoms with Crippen LogP contribution >= 0.6 is 0 Å². The predicted molar refractivity (Wildman–Crippen MR) is 90.1 cm³/mol. The van der Waals surface area contributed by atoms with Gasteiger partial charge in [-0.25, -0.2) is 0 Å². The van der Waals surface area contributed by atoms with Crippen LogP contribution in [0.15, 0.2) is 0 Å². The van der Waals surface area contributed by atoms with Crippen LogP contribution in [0.3, 0.4) is 0 Å². The molecule has 5 fully saturated rings. The van der Waals surface area contributed by atoms with E-state index >= 15 is 0 Å². The van der Waals surface area contributed by atoms with Crippen LogP contribution in [0.2, 0.25) is 0 Å². The topological polar surface area (TPSA) is 50.4 Å². The number of hydrogen-bond donors (Lipinski definition) is 2. The predicted octanol–water partition coefficient (Wildman–Crippen LogP) is 2.48.